The number of hydrogen-bond donors (Lipinski definition) is 2. The molecule has 0 aliphatic rings. The Kier molecular flexibility index (Phi) is 5.94. The molecule has 0 aliphatic heterocycles. The molecule has 3 aromatic carbocycles. The molecule has 0 aromatic heterocycles. The lowest BCUT2D eigenvalue weighted by Gasteiger charge is -2.17. The zero-order valence-electron chi connectivity index (χ0n) is 15.3. The van der Waals surface area contributed by atoms with Crippen molar-refractivity contribution in [3.8, 4) is 0 Å². The van der Waals surface area contributed by atoms with E-state index in [2.05, 4.69) is 19.2 Å². The Balaban J connectivity index is 1.87. The number of aliphatic hydroxyl groups excluding tert-OH is 1. The molecule has 1 amide bonds. The third-order valence-corrected chi connectivity index (χ3v) is 4.75. The predicted molar refractivity (Wildman–Crippen MR) is 110 cm³/mol. The number of anilines is 1. The Morgan fingerprint density at radius 1 is 0.926 bits per heavy atom. The van der Waals surface area contributed by atoms with Crippen LogP contribution in [0.5, 0.6) is 0 Å². The highest BCUT2D eigenvalue weighted by molar-refractivity contribution is 6.30. The van der Waals surface area contributed by atoms with Gasteiger partial charge in [-0.25, -0.2) is 0 Å². The summed E-state index contributed by atoms with van der Waals surface area (Å²) in [5.74, 6) is 0.181. The third kappa shape index (κ3) is 4.57. The first-order chi connectivity index (χ1) is 13.0. The molecule has 3 aromatic rings. The van der Waals surface area contributed by atoms with Crippen LogP contribution in [0.4, 0.5) is 5.69 Å². The Labute approximate surface area is 164 Å². The Hall–Kier alpha value is -2.62. The fourth-order valence-corrected chi connectivity index (χ4v) is 3.08. The largest absolute Gasteiger partial charge is 0.384 e. The molecule has 0 spiro atoms. The van der Waals surface area contributed by atoms with Gasteiger partial charge in [-0.05, 0) is 47.4 Å². The van der Waals surface area contributed by atoms with E-state index < -0.39 is 6.10 Å². The first-order valence-corrected chi connectivity index (χ1v) is 9.27. The number of carbonyl (C=O) groups excluding carboxylic acids is 1. The molecule has 1 atom stereocenters. The fourth-order valence-electron chi connectivity index (χ4n) is 2.90. The number of nitrogens with one attached hydrogen (secondary N) is 1. The molecule has 27 heavy (non-hydrogen) atoms. The van der Waals surface area contributed by atoms with E-state index in [9.17, 15) is 9.90 Å². The lowest BCUT2D eigenvalue weighted by atomic mass is 9.99. The van der Waals surface area contributed by atoms with Crippen molar-refractivity contribution < 1.29 is 9.90 Å². The first-order valence-electron chi connectivity index (χ1n) is 8.89. The van der Waals surface area contributed by atoms with Crippen molar-refractivity contribution in [1.82, 2.24) is 0 Å². The van der Waals surface area contributed by atoms with E-state index in [1.54, 1.807) is 18.2 Å². The number of rotatable bonds is 5. The maximum absolute atomic E-state index is 12.7. The molecule has 3 rings (SSSR count). The number of halogens is 1. The highest BCUT2D eigenvalue weighted by atomic mass is 35.5. The van der Waals surface area contributed by atoms with Crippen LogP contribution in [0.1, 0.15) is 52.9 Å². The Morgan fingerprint density at radius 3 is 2.22 bits per heavy atom. The number of carbonyl (C=O) groups is 1. The average Bonchev–Trinajstić information content (AvgIpc) is 2.69. The van der Waals surface area contributed by atoms with Crippen molar-refractivity contribution in [3.63, 3.8) is 0 Å². The summed E-state index contributed by atoms with van der Waals surface area (Å²) in [7, 11) is 0. The smallest absolute Gasteiger partial charge is 0.255 e. The van der Waals surface area contributed by atoms with E-state index in [1.165, 1.54) is 5.56 Å². The van der Waals surface area contributed by atoms with Gasteiger partial charge in [0.05, 0.1) is 0 Å². The van der Waals surface area contributed by atoms with Crippen LogP contribution in [-0.2, 0) is 0 Å². The molecule has 0 heterocycles. The highest BCUT2D eigenvalue weighted by Gasteiger charge is 2.17. The molecular weight excluding hydrogens is 358 g/mol. The standard InChI is InChI=1S/C23H22ClNO2/c1-15(2)16-8-10-18(11-9-16)23(27)25-21-13-12-19(24)14-20(21)22(26)17-6-4-3-5-7-17/h3-15,22,26H,1-2H3,(H,25,27)/t22-/m1/s1. The number of benzene rings is 3. The zero-order chi connectivity index (χ0) is 19.4. The number of aliphatic hydroxyl groups is 1. The maximum atomic E-state index is 12.7. The fraction of sp³-hybridized carbons (Fsp3) is 0.174. The molecular formula is C23H22ClNO2. The van der Waals surface area contributed by atoms with E-state index in [-0.39, 0.29) is 5.91 Å². The van der Waals surface area contributed by atoms with Gasteiger partial charge >= 0.3 is 0 Å². The third-order valence-electron chi connectivity index (χ3n) is 4.51. The summed E-state index contributed by atoms with van der Waals surface area (Å²) in [5, 5.41) is 14.2. The second-order valence-corrected chi connectivity index (χ2v) is 7.21. The maximum Gasteiger partial charge on any atom is 0.255 e. The van der Waals surface area contributed by atoms with Gasteiger partial charge in [-0.3, -0.25) is 4.79 Å². The van der Waals surface area contributed by atoms with E-state index in [4.69, 9.17) is 11.6 Å². The number of amides is 1. The summed E-state index contributed by atoms with van der Waals surface area (Å²) in [6.45, 7) is 4.22. The first kappa shape index (κ1) is 19.2. The second kappa shape index (κ2) is 8.38. The summed E-state index contributed by atoms with van der Waals surface area (Å²) in [4.78, 5) is 12.7. The van der Waals surface area contributed by atoms with Crippen molar-refractivity contribution in [2.24, 2.45) is 0 Å². The van der Waals surface area contributed by atoms with Gasteiger partial charge in [0.15, 0.2) is 0 Å². The van der Waals surface area contributed by atoms with Crippen molar-refractivity contribution >= 4 is 23.2 Å². The van der Waals surface area contributed by atoms with Crippen LogP contribution in [0.2, 0.25) is 5.02 Å². The topological polar surface area (TPSA) is 49.3 Å². The van der Waals surface area contributed by atoms with Crippen molar-refractivity contribution in [2.45, 2.75) is 25.9 Å². The molecule has 4 heteroatoms. The van der Waals surface area contributed by atoms with E-state index in [0.717, 1.165) is 5.56 Å². The van der Waals surface area contributed by atoms with Gasteiger partial charge < -0.3 is 10.4 Å². The lowest BCUT2D eigenvalue weighted by molar-refractivity contribution is 0.102. The molecule has 3 nitrogen and oxygen atoms in total. The quantitative estimate of drug-likeness (QED) is 0.588. The van der Waals surface area contributed by atoms with Crippen LogP contribution in [0.25, 0.3) is 0 Å². The number of hydrogen-bond acceptors (Lipinski definition) is 2. The van der Waals surface area contributed by atoms with Crippen LogP contribution in [0.3, 0.4) is 0 Å². The van der Waals surface area contributed by atoms with Crippen LogP contribution >= 0.6 is 11.6 Å². The molecule has 0 saturated carbocycles. The van der Waals surface area contributed by atoms with Gasteiger partial charge in [-0.2, -0.15) is 0 Å². The van der Waals surface area contributed by atoms with Crippen LogP contribution in [-0.4, -0.2) is 11.0 Å². The van der Waals surface area contributed by atoms with Gasteiger partial charge in [0.1, 0.15) is 6.10 Å². The van der Waals surface area contributed by atoms with Gasteiger partial charge in [-0.1, -0.05) is 67.9 Å². The Morgan fingerprint density at radius 2 is 1.59 bits per heavy atom. The van der Waals surface area contributed by atoms with Crippen LogP contribution < -0.4 is 5.32 Å². The molecule has 0 radical (unpaired) electrons. The molecule has 0 aliphatic carbocycles. The second-order valence-electron chi connectivity index (χ2n) is 6.78. The van der Waals surface area contributed by atoms with Gasteiger partial charge in [0.25, 0.3) is 5.91 Å². The summed E-state index contributed by atoms with van der Waals surface area (Å²) in [5.41, 5.74) is 3.57. The Bertz CT molecular complexity index is 921. The van der Waals surface area contributed by atoms with E-state index in [1.807, 2.05) is 54.6 Å². The van der Waals surface area contributed by atoms with Gasteiger partial charge in [0.2, 0.25) is 0 Å². The molecule has 0 saturated heterocycles. The SMILES string of the molecule is CC(C)c1ccc(C(=O)Nc2ccc(Cl)cc2[C@H](O)c2ccccc2)cc1. The summed E-state index contributed by atoms with van der Waals surface area (Å²) < 4.78 is 0. The molecule has 0 unspecified atom stereocenters. The minimum absolute atomic E-state index is 0.228. The van der Waals surface area contributed by atoms with Gasteiger partial charge in [0, 0.05) is 21.8 Å². The van der Waals surface area contributed by atoms with Crippen molar-refractivity contribution in [3.05, 3.63) is 100 Å². The van der Waals surface area contributed by atoms with Crippen LogP contribution in [0.15, 0.2) is 72.8 Å². The van der Waals surface area contributed by atoms with E-state index >= 15 is 0 Å². The lowest BCUT2D eigenvalue weighted by Crippen LogP contribution is -2.15. The van der Waals surface area contributed by atoms with Crippen molar-refractivity contribution in [2.75, 3.05) is 5.32 Å². The molecule has 0 bridgehead atoms. The molecule has 2 N–H and O–H groups in total. The minimum atomic E-state index is -0.886. The summed E-state index contributed by atoms with van der Waals surface area (Å²) in [6, 6.07) is 21.9. The minimum Gasteiger partial charge on any atom is -0.384 e. The average molecular weight is 380 g/mol. The normalized spacial score (nSPS) is 12.0. The van der Waals surface area contributed by atoms with Gasteiger partial charge in [-0.15, -0.1) is 0 Å². The molecule has 138 valence electrons. The molecule has 0 fully saturated rings. The monoisotopic (exact) mass is 379 g/mol. The zero-order valence-corrected chi connectivity index (χ0v) is 16.1. The van der Waals surface area contributed by atoms with Crippen molar-refractivity contribution in [1.29, 1.82) is 0 Å². The highest BCUT2D eigenvalue weighted by Crippen LogP contribution is 2.31. The predicted octanol–water partition coefficient (Wildman–Crippen LogP) is 5.80. The summed E-state index contributed by atoms with van der Waals surface area (Å²) >= 11 is 6.13. The summed E-state index contributed by atoms with van der Waals surface area (Å²) in [6.07, 6.45) is -0.886. The van der Waals surface area contributed by atoms with Crippen LogP contribution in [0, 0.1) is 0 Å². The van der Waals surface area contributed by atoms with E-state index in [0.29, 0.717) is 27.8 Å².